The summed E-state index contributed by atoms with van der Waals surface area (Å²) in [7, 11) is 1.60. The van der Waals surface area contributed by atoms with Gasteiger partial charge in [0.2, 0.25) is 0 Å². The van der Waals surface area contributed by atoms with Crippen molar-refractivity contribution < 1.29 is 62.4 Å². The first-order valence-corrected chi connectivity index (χ1v) is 27.5. The predicted molar refractivity (Wildman–Crippen MR) is 285 cm³/mol. The number of ether oxygens (including phenoxy) is 9. The zero-order valence-electron chi connectivity index (χ0n) is 44.7. The molecule has 0 unspecified atom stereocenters. The molecule has 2 fully saturated rings. The van der Waals surface area contributed by atoms with Crippen molar-refractivity contribution in [2.24, 2.45) is 11.8 Å². The highest BCUT2D eigenvalue weighted by Crippen LogP contribution is 2.37. The molecule has 4 bridgehead atoms. The Morgan fingerprint density at radius 2 is 1.16 bits per heavy atom. The van der Waals surface area contributed by atoms with Crippen LogP contribution in [0.2, 0.25) is 0 Å². The molecular formula is C61H86O13. The molecule has 0 radical (unpaired) electrons. The minimum atomic E-state index is -0.644. The molecule has 13 heteroatoms. The van der Waals surface area contributed by atoms with Crippen LogP contribution in [0.25, 0.3) is 0 Å². The van der Waals surface area contributed by atoms with Gasteiger partial charge in [0, 0.05) is 38.5 Å². The Kier molecular flexibility index (Phi) is 22.5. The monoisotopic (exact) mass is 1030 g/mol. The largest absolute Gasteiger partial charge is 0.459 e. The van der Waals surface area contributed by atoms with E-state index in [2.05, 4.69) is 83.4 Å². The first kappa shape index (κ1) is 57.7. The molecule has 8 aliphatic heterocycles. The van der Waals surface area contributed by atoms with Crippen molar-refractivity contribution in [2.75, 3.05) is 20.3 Å². The highest BCUT2D eigenvalue weighted by Gasteiger charge is 2.48. The molecule has 8 rings (SSSR count). The van der Waals surface area contributed by atoms with Gasteiger partial charge >= 0.3 is 11.9 Å². The van der Waals surface area contributed by atoms with Crippen molar-refractivity contribution >= 4 is 11.9 Å². The van der Waals surface area contributed by atoms with E-state index in [4.69, 9.17) is 42.6 Å². The lowest BCUT2D eigenvalue weighted by Crippen LogP contribution is -2.34. The van der Waals surface area contributed by atoms with Gasteiger partial charge in [0.25, 0.3) is 0 Å². The number of aliphatic hydroxyl groups is 2. The Hall–Kier alpha value is -4.02. The fourth-order valence-electron chi connectivity index (χ4n) is 11.1. The van der Waals surface area contributed by atoms with Gasteiger partial charge in [0.1, 0.15) is 30.5 Å². The molecule has 8 aliphatic rings. The fraction of sp³-hybridized carbons (Fsp3) is 0.639. The van der Waals surface area contributed by atoms with Gasteiger partial charge in [-0.25, -0.2) is 9.59 Å². The minimum Gasteiger partial charge on any atom is -0.459 e. The SMILES string of the molecule is C=C1C[C@H](C)C[C@@H]2CC=C[C@@H](C/C=C\C(=O)O[C@H](C/C=C/[C@@H]3CC(C)=CCO3)C[C@@H]3O[C@H]3[C@@H](O)C1)O2.C=C1C[C@H](C)C[C@@H]2CC=C[C@@H](C/C=C\C(=O)O[C@H]([C@H](/C=C/[C@@H]3CC(C)=CCO3)OC)C[C@@H]3O[C@H]3[C@@H](O)C1)O2. The Labute approximate surface area is 441 Å². The zero-order valence-corrected chi connectivity index (χ0v) is 44.7. The van der Waals surface area contributed by atoms with Gasteiger partial charge in [-0.05, 0) is 103 Å². The van der Waals surface area contributed by atoms with Crippen LogP contribution in [0.4, 0.5) is 0 Å². The third-order valence-corrected chi connectivity index (χ3v) is 15.0. The van der Waals surface area contributed by atoms with Crippen LogP contribution in [0.1, 0.15) is 124 Å². The number of esters is 2. The van der Waals surface area contributed by atoms with E-state index in [1.165, 1.54) is 23.3 Å². The lowest BCUT2D eigenvalue weighted by atomic mass is 9.91. The lowest BCUT2D eigenvalue weighted by molar-refractivity contribution is -0.149. The second-order valence-electron chi connectivity index (χ2n) is 22.1. The molecule has 8 heterocycles. The van der Waals surface area contributed by atoms with Gasteiger partial charge in [-0.3, -0.25) is 0 Å². The third kappa shape index (κ3) is 19.5. The van der Waals surface area contributed by atoms with Crippen LogP contribution in [-0.2, 0) is 52.2 Å². The molecule has 408 valence electrons. The van der Waals surface area contributed by atoms with E-state index < -0.39 is 30.4 Å². The number of fused-ring (bicyclic) bond motifs is 6. The van der Waals surface area contributed by atoms with Crippen LogP contribution < -0.4 is 0 Å². The van der Waals surface area contributed by atoms with Crippen molar-refractivity contribution in [1.29, 1.82) is 0 Å². The molecule has 0 aromatic carbocycles. The summed E-state index contributed by atoms with van der Waals surface area (Å²) in [5, 5.41) is 21.6. The molecule has 0 aliphatic carbocycles. The first-order chi connectivity index (χ1) is 35.7. The normalized spacial score (nSPS) is 39.2. The van der Waals surface area contributed by atoms with Crippen molar-refractivity contribution in [3.63, 3.8) is 0 Å². The highest BCUT2D eigenvalue weighted by atomic mass is 16.6. The van der Waals surface area contributed by atoms with Gasteiger partial charge in [0.05, 0.1) is 74.3 Å². The van der Waals surface area contributed by atoms with Gasteiger partial charge in [-0.1, -0.05) is 122 Å². The van der Waals surface area contributed by atoms with E-state index in [0.717, 1.165) is 62.5 Å². The number of hydrogen-bond donors (Lipinski definition) is 2. The summed E-state index contributed by atoms with van der Waals surface area (Å²) >= 11 is 0. The highest BCUT2D eigenvalue weighted by molar-refractivity contribution is 5.82. The van der Waals surface area contributed by atoms with Crippen molar-refractivity contribution in [1.82, 2.24) is 0 Å². The summed E-state index contributed by atoms with van der Waals surface area (Å²) in [5.41, 5.74) is 4.67. The number of rotatable bonds is 7. The average molecular weight is 1030 g/mol. The lowest BCUT2D eigenvalue weighted by Gasteiger charge is -2.28. The van der Waals surface area contributed by atoms with Crippen molar-refractivity contribution in [3.05, 3.63) is 121 Å². The van der Waals surface area contributed by atoms with Crippen LogP contribution in [0, 0.1) is 11.8 Å². The molecular weight excluding hydrogens is 941 g/mol. The molecule has 0 saturated carbocycles. The summed E-state index contributed by atoms with van der Waals surface area (Å²) in [5.74, 6) is 0.0256. The van der Waals surface area contributed by atoms with Crippen LogP contribution in [0.3, 0.4) is 0 Å². The summed E-state index contributed by atoms with van der Waals surface area (Å²) in [6.45, 7) is 18.3. The van der Waals surface area contributed by atoms with Gasteiger partial charge < -0.3 is 52.8 Å². The van der Waals surface area contributed by atoms with E-state index in [1.54, 1.807) is 7.11 Å². The molecule has 2 saturated heterocycles. The number of carbonyl (C=O) groups is 2. The Morgan fingerprint density at radius 3 is 1.69 bits per heavy atom. The molecule has 74 heavy (non-hydrogen) atoms. The Bertz CT molecular complexity index is 2110. The van der Waals surface area contributed by atoms with Gasteiger partial charge in [-0.15, -0.1) is 0 Å². The third-order valence-electron chi connectivity index (χ3n) is 15.0. The van der Waals surface area contributed by atoms with Gasteiger partial charge in [-0.2, -0.15) is 0 Å². The maximum atomic E-state index is 12.8. The zero-order chi connectivity index (χ0) is 52.6. The quantitative estimate of drug-likeness (QED) is 0.141. The number of carbonyl (C=O) groups excluding carboxylic acids is 2. The molecule has 17 atom stereocenters. The molecule has 0 amide bonds. The summed E-state index contributed by atoms with van der Waals surface area (Å²) < 4.78 is 53.2. The summed E-state index contributed by atoms with van der Waals surface area (Å²) in [4.78, 5) is 25.4. The number of aliphatic hydroxyl groups excluding tert-OH is 2. The molecule has 0 aromatic rings. The van der Waals surface area contributed by atoms with Crippen molar-refractivity contribution in [2.45, 2.75) is 216 Å². The van der Waals surface area contributed by atoms with Crippen LogP contribution in [0.15, 0.2) is 121 Å². The molecule has 13 nitrogen and oxygen atoms in total. The molecule has 2 N–H and O–H groups in total. The van der Waals surface area contributed by atoms with E-state index >= 15 is 0 Å². The minimum absolute atomic E-state index is 0.0312. The Morgan fingerprint density at radius 1 is 0.649 bits per heavy atom. The van der Waals surface area contributed by atoms with Gasteiger partial charge in [0.15, 0.2) is 0 Å². The number of methoxy groups -OCH3 is 1. The number of epoxide rings is 2. The standard InChI is InChI=1S/C31H44O7.C30H42O6/c1-20-13-14-35-24(16-20)11-12-27(34-4)28-19-29-31(38-29)26(32)18-22(3)15-21(2)17-25-9-5-7-23(36-25)8-6-10-30(33)37-28;1-20-13-14-33-24(16-20)9-5-11-26-19-28-30(36-28)27(31)18-22(3)15-21(2)17-25-10-4-7-23(34-25)8-6-12-29(32)35-26/h5-7,10-13,21,23-29,31-32H,3,8-9,14-19H2,1-2,4H3;4-7,9,12-13,21,23-28,30-31H,3,8,10-11,14-19H2,1-2H3/b10-6-,12-11+;9-5+,12-6-/t21-,23-,24+,25-,26-,27-,28-,29-,31-;21-,23-,24+,25-,26+,27-,28-,30-/m00/s1. The second-order valence-corrected chi connectivity index (χ2v) is 22.1. The van der Waals surface area contributed by atoms with Crippen LogP contribution >= 0.6 is 0 Å². The molecule has 0 aromatic heterocycles. The van der Waals surface area contributed by atoms with Crippen molar-refractivity contribution in [3.8, 4) is 0 Å². The molecule has 0 spiro atoms. The first-order valence-electron chi connectivity index (χ1n) is 27.5. The maximum absolute atomic E-state index is 12.8. The smallest absolute Gasteiger partial charge is 0.330 e. The van der Waals surface area contributed by atoms with Crippen LogP contribution in [-0.4, -0.2) is 134 Å². The maximum Gasteiger partial charge on any atom is 0.330 e. The van der Waals surface area contributed by atoms with E-state index in [9.17, 15) is 19.8 Å². The number of hydrogen-bond acceptors (Lipinski definition) is 13. The summed E-state index contributed by atoms with van der Waals surface area (Å²) in [6, 6.07) is 0. The second kappa shape index (κ2) is 28.9. The Balaban J connectivity index is 0.000000217. The predicted octanol–water partition coefficient (Wildman–Crippen LogP) is 9.89. The summed E-state index contributed by atoms with van der Waals surface area (Å²) in [6.07, 6.45) is 34.9. The van der Waals surface area contributed by atoms with E-state index in [0.29, 0.717) is 70.0 Å². The van der Waals surface area contributed by atoms with E-state index in [1.807, 2.05) is 30.4 Å². The average Bonchev–Trinajstić information content (AvgIpc) is 4.28. The topological polar surface area (TPSA) is 164 Å². The fourth-order valence-corrected chi connectivity index (χ4v) is 11.1. The van der Waals surface area contributed by atoms with E-state index in [-0.39, 0.29) is 73.1 Å². The number of cyclic esters (lactones) is 2. The van der Waals surface area contributed by atoms with Crippen LogP contribution in [0.5, 0.6) is 0 Å².